The molecule has 0 saturated carbocycles. The molecule has 0 aliphatic heterocycles. The van der Waals surface area contributed by atoms with E-state index in [9.17, 15) is 13.2 Å². The normalized spacial score (nSPS) is 11.2. The van der Waals surface area contributed by atoms with E-state index >= 15 is 0 Å². The number of amides is 1. The summed E-state index contributed by atoms with van der Waals surface area (Å²) in [6.45, 7) is 0. The Labute approximate surface area is 174 Å². The molecule has 1 N–H and O–H groups in total. The molecule has 150 valence electrons. The van der Waals surface area contributed by atoms with Gasteiger partial charge in [0.15, 0.2) is 0 Å². The molecular weight excluding hydrogens is 398 g/mol. The number of para-hydroxylation sites is 2. The average molecular weight is 417 g/mol. The third-order valence-electron chi connectivity index (χ3n) is 4.43. The molecule has 4 rings (SSSR count). The number of imidazole rings is 1. The molecule has 0 saturated heterocycles. The minimum atomic E-state index is -4.01. The van der Waals surface area contributed by atoms with E-state index in [1.807, 2.05) is 54.6 Å². The van der Waals surface area contributed by atoms with Crippen LogP contribution in [-0.4, -0.2) is 29.6 Å². The quantitative estimate of drug-likeness (QED) is 0.515. The Bertz CT molecular complexity index is 1250. The fraction of sp³-hybridized carbons (Fsp3) is 0.0435. The summed E-state index contributed by atoms with van der Waals surface area (Å²) in [5.74, 6) is -1.33. The number of nitrogens with one attached hydrogen (secondary N) is 1. The number of nitrogens with zero attached hydrogens (tertiary/aromatic N) is 2. The van der Waals surface area contributed by atoms with Gasteiger partial charge in [-0.25, -0.2) is 13.4 Å². The SMILES string of the molecule is O=C(CS(=O)(=O)c1nc(-c2ccccc2)cn1-c1ccccc1)Nc1ccccc1. The minimum Gasteiger partial charge on any atom is -0.325 e. The Balaban J connectivity index is 1.71. The van der Waals surface area contributed by atoms with Gasteiger partial charge in [0, 0.05) is 23.1 Å². The predicted molar refractivity (Wildman–Crippen MR) is 116 cm³/mol. The first-order valence-corrected chi connectivity index (χ1v) is 11.0. The second-order valence-corrected chi connectivity index (χ2v) is 8.54. The van der Waals surface area contributed by atoms with Crippen molar-refractivity contribution in [2.24, 2.45) is 0 Å². The number of sulfone groups is 1. The number of hydrogen-bond acceptors (Lipinski definition) is 4. The molecule has 1 heterocycles. The zero-order chi connectivity index (χ0) is 21.0. The van der Waals surface area contributed by atoms with E-state index < -0.39 is 21.5 Å². The van der Waals surface area contributed by atoms with Gasteiger partial charge in [-0.2, -0.15) is 0 Å². The van der Waals surface area contributed by atoms with Crippen LogP contribution in [-0.2, 0) is 14.6 Å². The lowest BCUT2D eigenvalue weighted by atomic mass is 10.2. The number of rotatable bonds is 6. The van der Waals surface area contributed by atoms with Gasteiger partial charge in [-0.15, -0.1) is 0 Å². The first kappa shape index (κ1) is 19.6. The van der Waals surface area contributed by atoms with E-state index in [0.717, 1.165) is 5.56 Å². The van der Waals surface area contributed by atoms with Gasteiger partial charge in [0.1, 0.15) is 5.75 Å². The smallest absolute Gasteiger partial charge is 0.240 e. The van der Waals surface area contributed by atoms with Crippen molar-refractivity contribution in [3.63, 3.8) is 0 Å². The molecule has 1 aromatic heterocycles. The van der Waals surface area contributed by atoms with Crippen molar-refractivity contribution >= 4 is 21.4 Å². The summed E-state index contributed by atoms with van der Waals surface area (Å²) in [7, 11) is -4.01. The standard InChI is InChI=1S/C23H19N3O3S/c27-22(24-19-12-6-2-7-13-19)17-30(28,29)23-25-21(18-10-4-1-5-11-18)16-26(23)20-14-8-3-9-15-20/h1-16H,17H2,(H,24,27). The molecule has 0 aliphatic carbocycles. The summed E-state index contributed by atoms with van der Waals surface area (Å²) < 4.78 is 27.8. The van der Waals surface area contributed by atoms with Crippen molar-refractivity contribution in [1.29, 1.82) is 0 Å². The molecule has 0 fully saturated rings. The number of aromatic nitrogens is 2. The highest BCUT2D eigenvalue weighted by Gasteiger charge is 2.27. The average Bonchev–Trinajstić information content (AvgIpc) is 3.22. The van der Waals surface area contributed by atoms with Gasteiger partial charge in [0.2, 0.25) is 20.9 Å². The first-order chi connectivity index (χ1) is 14.5. The van der Waals surface area contributed by atoms with Crippen LogP contribution in [0.2, 0.25) is 0 Å². The van der Waals surface area contributed by atoms with Gasteiger partial charge in [-0.1, -0.05) is 66.7 Å². The van der Waals surface area contributed by atoms with Crippen molar-refractivity contribution in [1.82, 2.24) is 9.55 Å². The molecule has 0 atom stereocenters. The molecule has 0 unspecified atom stereocenters. The van der Waals surface area contributed by atoms with E-state index in [2.05, 4.69) is 10.3 Å². The summed E-state index contributed by atoms with van der Waals surface area (Å²) in [5.41, 5.74) is 2.49. The number of carbonyl (C=O) groups excluding carboxylic acids is 1. The molecule has 0 spiro atoms. The number of benzene rings is 3. The number of carbonyl (C=O) groups is 1. The maximum atomic E-state index is 13.1. The van der Waals surface area contributed by atoms with Crippen LogP contribution in [0.4, 0.5) is 5.69 Å². The van der Waals surface area contributed by atoms with Gasteiger partial charge in [-0.05, 0) is 24.3 Å². The summed E-state index contributed by atoms with van der Waals surface area (Å²) in [4.78, 5) is 16.8. The number of hydrogen-bond donors (Lipinski definition) is 1. The molecule has 6 nitrogen and oxygen atoms in total. The molecule has 7 heteroatoms. The van der Waals surface area contributed by atoms with Crippen LogP contribution in [0.15, 0.2) is 102 Å². The third kappa shape index (κ3) is 4.31. The molecule has 0 radical (unpaired) electrons. The Morgan fingerprint density at radius 3 is 2.03 bits per heavy atom. The second-order valence-electron chi connectivity index (χ2n) is 6.65. The van der Waals surface area contributed by atoms with Crippen molar-refractivity contribution in [3.8, 4) is 16.9 Å². The maximum Gasteiger partial charge on any atom is 0.240 e. The van der Waals surface area contributed by atoms with Crippen LogP contribution >= 0.6 is 0 Å². The van der Waals surface area contributed by atoms with Crippen molar-refractivity contribution in [2.75, 3.05) is 11.1 Å². The van der Waals surface area contributed by atoms with Gasteiger partial charge >= 0.3 is 0 Å². The van der Waals surface area contributed by atoms with Crippen LogP contribution in [0, 0.1) is 0 Å². The van der Waals surface area contributed by atoms with Crippen LogP contribution in [0.25, 0.3) is 16.9 Å². The number of anilines is 1. The molecule has 4 aromatic rings. The van der Waals surface area contributed by atoms with E-state index in [-0.39, 0.29) is 5.16 Å². The van der Waals surface area contributed by atoms with Gasteiger partial charge < -0.3 is 5.32 Å². The van der Waals surface area contributed by atoms with E-state index in [4.69, 9.17) is 0 Å². The van der Waals surface area contributed by atoms with Crippen LogP contribution in [0.1, 0.15) is 0 Å². The highest BCUT2D eigenvalue weighted by atomic mass is 32.2. The summed E-state index contributed by atoms with van der Waals surface area (Å²) in [5, 5.41) is 2.44. The molecule has 0 aliphatic rings. The zero-order valence-electron chi connectivity index (χ0n) is 16.0. The highest BCUT2D eigenvalue weighted by Crippen LogP contribution is 2.24. The summed E-state index contributed by atoms with van der Waals surface area (Å²) in [6.07, 6.45) is 1.67. The lowest BCUT2D eigenvalue weighted by Gasteiger charge is -2.09. The molecule has 1 amide bonds. The fourth-order valence-electron chi connectivity index (χ4n) is 3.06. The molecule has 0 bridgehead atoms. The Morgan fingerprint density at radius 1 is 0.833 bits per heavy atom. The lowest BCUT2D eigenvalue weighted by Crippen LogP contribution is -2.24. The maximum absolute atomic E-state index is 13.1. The van der Waals surface area contributed by atoms with E-state index in [1.165, 1.54) is 4.57 Å². The Hall–Kier alpha value is -3.71. The van der Waals surface area contributed by atoms with Crippen molar-refractivity contribution in [2.45, 2.75) is 5.16 Å². The lowest BCUT2D eigenvalue weighted by molar-refractivity contribution is -0.113. The van der Waals surface area contributed by atoms with Crippen molar-refractivity contribution in [3.05, 3.63) is 97.2 Å². The fourth-order valence-corrected chi connectivity index (χ4v) is 4.30. The second kappa shape index (κ2) is 8.34. The summed E-state index contributed by atoms with van der Waals surface area (Å²) >= 11 is 0. The third-order valence-corrected chi connectivity index (χ3v) is 5.92. The molecule has 30 heavy (non-hydrogen) atoms. The largest absolute Gasteiger partial charge is 0.325 e. The Kier molecular flexibility index (Phi) is 5.45. The minimum absolute atomic E-state index is 0.171. The van der Waals surface area contributed by atoms with Crippen molar-refractivity contribution < 1.29 is 13.2 Å². The Morgan fingerprint density at radius 2 is 1.40 bits per heavy atom. The van der Waals surface area contributed by atoms with Crippen LogP contribution in [0.5, 0.6) is 0 Å². The summed E-state index contributed by atoms with van der Waals surface area (Å²) in [6, 6.07) is 27.1. The van der Waals surface area contributed by atoms with E-state index in [1.54, 1.807) is 42.6 Å². The van der Waals surface area contributed by atoms with Crippen LogP contribution in [0.3, 0.4) is 0 Å². The molecular formula is C23H19N3O3S. The zero-order valence-corrected chi connectivity index (χ0v) is 16.8. The van der Waals surface area contributed by atoms with Gasteiger partial charge in [-0.3, -0.25) is 9.36 Å². The first-order valence-electron chi connectivity index (χ1n) is 9.31. The van der Waals surface area contributed by atoms with E-state index in [0.29, 0.717) is 17.1 Å². The highest BCUT2D eigenvalue weighted by molar-refractivity contribution is 7.92. The van der Waals surface area contributed by atoms with Gasteiger partial charge in [0.05, 0.1) is 5.69 Å². The van der Waals surface area contributed by atoms with Crippen LogP contribution < -0.4 is 5.32 Å². The topological polar surface area (TPSA) is 81.1 Å². The monoisotopic (exact) mass is 417 g/mol. The molecule has 3 aromatic carbocycles. The van der Waals surface area contributed by atoms with Gasteiger partial charge in [0.25, 0.3) is 0 Å². The predicted octanol–water partition coefficient (Wildman–Crippen LogP) is 3.95.